The number of rotatable bonds is 7. The Morgan fingerprint density at radius 1 is 1.28 bits per heavy atom. The molecule has 0 aliphatic rings. The molecule has 0 fully saturated rings. The lowest BCUT2D eigenvalue weighted by Crippen LogP contribution is -2.23. The molecule has 0 spiro atoms. The van der Waals surface area contributed by atoms with Gasteiger partial charge in [0.15, 0.2) is 0 Å². The van der Waals surface area contributed by atoms with Crippen molar-refractivity contribution >= 4 is 11.4 Å². The fourth-order valence-electron chi connectivity index (χ4n) is 1.17. The zero-order valence-corrected chi connectivity index (χ0v) is 11.4. The van der Waals surface area contributed by atoms with Gasteiger partial charge in [0.05, 0.1) is 17.9 Å². The largest absolute Gasteiger partial charge is 0.371 e. The lowest BCUT2D eigenvalue weighted by Gasteiger charge is -2.21. The third kappa shape index (κ3) is 7.27. The highest BCUT2D eigenvalue weighted by molar-refractivity contribution is 6.06. The number of hydrogen-bond acceptors (Lipinski definition) is 3. The summed E-state index contributed by atoms with van der Waals surface area (Å²) in [6, 6.07) is 0. The summed E-state index contributed by atoms with van der Waals surface area (Å²) >= 11 is 0. The first-order chi connectivity index (χ1) is 8.17. The van der Waals surface area contributed by atoms with Crippen molar-refractivity contribution in [2.24, 2.45) is 0 Å². The van der Waals surface area contributed by atoms with Crippen LogP contribution in [0.2, 0.25) is 0 Å². The Bertz CT molecular complexity index is 330. The summed E-state index contributed by atoms with van der Waals surface area (Å²) < 4.78 is 30.2. The quantitative estimate of drug-likeness (QED) is 0.671. The van der Waals surface area contributed by atoms with Gasteiger partial charge in [0.25, 0.3) is 6.43 Å². The summed E-state index contributed by atoms with van der Waals surface area (Å²) in [5.74, 6) is 0. The first-order valence-electron chi connectivity index (χ1n) is 5.96. The Labute approximate surface area is 107 Å². The number of nitrogens with one attached hydrogen (secondary N) is 2. The molecule has 18 heavy (non-hydrogen) atoms. The fourth-order valence-corrected chi connectivity index (χ4v) is 1.17. The average Bonchev–Trinajstić information content (AvgIpc) is 2.22. The molecule has 0 bridgehead atoms. The highest BCUT2D eigenvalue weighted by Gasteiger charge is 2.16. The molecule has 0 saturated carbocycles. The molecule has 0 heterocycles. The van der Waals surface area contributed by atoms with Crippen LogP contribution in [0.3, 0.4) is 0 Å². The summed E-state index contributed by atoms with van der Waals surface area (Å²) in [5, 5.41) is 15.0. The van der Waals surface area contributed by atoms with Crippen molar-refractivity contribution in [1.82, 2.24) is 0 Å². The number of ether oxygens (including phenoxy) is 1. The highest BCUT2D eigenvalue weighted by Crippen LogP contribution is 2.13. The number of halogens is 2. The van der Waals surface area contributed by atoms with Crippen LogP contribution in [-0.4, -0.2) is 30.1 Å². The molecule has 3 nitrogen and oxygen atoms in total. The van der Waals surface area contributed by atoms with Crippen molar-refractivity contribution in [2.45, 2.75) is 52.6 Å². The first kappa shape index (κ1) is 16.9. The molecule has 0 unspecified atom stereocenters. The minimum atomic E-state index is -2.82. The van der Waals surface area contributed by atoms with E-state index in [2.05, 4.69) is 0 Å². The topological polar surface area (TPSA) is 56.9 Å². The van der Waals surface area contributed by atoms with Gasteiger partial charge < -0.3 is 10.1 Å². The van der Waals surface area contributed by atoms with Crippen molar-refractivity contribution in [1.29, 1.82) is 10.8 Å². The van der Waals surface area contributed by atoms with E-state index in [4.69, 9.17) is 15.6 Å². The second kappa shape index (κ2) is 7.36. The van der Waals surface area contributed by atoms with Crippen LogP contribution in [0.1, 0.15) is 40.5 Å². The van der Waals surface area contributed by atoms with Gasteiger partial charge in [-0.2, -0.15) is 0 Å². The van der Waals surface area contributed by atoms with Gasteiger partial charge >= 0.3 is 0 Å². The van der Waals surface area contributed by atoms with E-state index in [-0.39, 0.29) is 12.3 Å². The van der Waals surface area contributed by atoms with Crippen LogP contribution in [0.15, 0.2) is 11.6 Å². The van der Waals surface area contributed by atoms with E-state index in [1.807, 2.05) is 27.7 Å². The summed E-state index contributed by atoms with van der Waals surface area (Å²) in [5.41, 5.74) is -0.564. The molecule has 5 heteroatoms. The van der Waals surface area contributed by atoms with Gasteiger partial charge in [0.2, 0.25) is 0 Å². The Balaban J connectivity index is 4.83. The van der Waals surface area contributed by atoms with Gasteiger partial charge in [-0.15, -0.1) is 0 Å². The second-order valence-corrected chi connectivity index (χ2v) is 5.06. The summed E-state index contributed by atoms with van der Waals surface area (Å²) in [7, 11) is 0. The smallest absolute Gasteiger partial charge is 0.279 e. The molecule has 0 aliphatic carbocycles. The molecule has 0 aromatic heterocycles. The molecular weight excluding hydrogens is 238 g/mol. The zero-order chi connectivity index (χ0) is 14.3. The summed E-state index contributed by atoms with van der Waals surface area (Å²) in [4.78, 5) is 0. The third-order valence-electron chi connectivity index (χ3n) is 2.11. The Kier molecular flexibility index (Phi) is 6.91. The van der Waals surface area contributed by atoms with Crippen molar-refractivity contribution in [3.8, 4) is 0 Å². The van der Waals surface area contributed by atoms with Gasteiger partial charge in [-0.1, -0.05) is 13.3 Å². The van der Waals surface area contributed by atoms with E-state index in [0.29, 0.717) is 12.0 Å². The molecule has 2 N–H and O–H groups in total. The maximum Gasteiger partial charge on any atom is 0.279 e. The summed E-state index contributed by atoms with van der Waals surface area (Å²) in [6.07, 6.45) is -0.512. The minimum Gasteiger partial charge on any atom is -0.371 e. The molecule has 0 aromatic carbocycles. The van der Waals surface area contributed by atoms with Gasteiger partial charge in [0, 0.05) is 11.3 Å². The maximum atomic E-state index is 12.3. The molecule has 0 atom stereocenters. The predicted molar refractivity (Wildman–Crippen MR) is 70.2 cm³/mol. The molecule has 0 saturated heterocycles. The van der Waals surface area contributed by atoms with E-state index in [0.717, 1.165) is 12.5 Å². The predicted octanol–water partition coefficient (Wildman–Crippen LogP) is 3.83. The normalized spacial score (nSPS) is 12.9. The highest BCUT2D eigenvalue weighted by atomic mass is 19.3. The van der Waals surface area contributed by atoms with E-state index in [1.165, 1.54) is 0 Å². The van der Waals surface area contributed by atoms with Crippen LogP contribution < -0.4 is 0 Å². The molecule has 0 aromatic rings. The number of alkyl halides is 2. The van der Waals surface area contributed by atoms with Gasteiger partial charge in [-0.05, 0) is 33.3 Å². The van der Waals surface area contributed by atoms with Gasteiger partial charge in [0.1, 0.15) is 0 Å². The van der Waals surface area contributed by atoms with Crippen molar-refractivity contribution in [2.75, 3.05) is 6.61 Å². The van der Waals surface area contributed by atoms with Crippen molar-refractivity contribution < 1.29 is 13.5 Å². The van der Waals surface area contributed by atoms with E-state index >= 15 is 0 Å². The van der Waals surface area contributed by atoms with Crippen molar-refractivity contribution in [3.63, 3.8) is 0 Å². The average molecular weight is 260 g/mol. The number of hydrogen-bond donors (Lipinski definition) is 2. The monoisotopic (exact) mass is 260 g/mol. The van der Waals surface area contributed by atoms with E-state index in [1.54, 1.807) is 0 Å². The molecule has 0 rings (SSSR count). The first-order valence-corrected chi connectivity index (χ1v) is 5.96. The van der Waals surface area contributed by atoms with Crippen LogP contribution in [0.25, 0.3) is 0 Å². The van der Waals surface area contributed by atoms with Crippen LogP contribution in [0, 0.1) is 10.8 Å². The number of allylic oxidation sites excluding steroid dienone is 1. The maximum absolute atomic E-state index is 12.3. The summed E-state index contributed by atoms with van der Waals surface area (Å²) in [6.45, 7) is 7.55. The van der Waals surface area contributed by atoms with Crippen molar-refractivity contribution in [3.05, 3.63) is 11.6 Å². The minimum absolute atomic E-state index is 0.0808. The standard InChI is InChI=1S/C13H22F2N2O/c1-5-6-10(16)9(7-11(17)12(14)15)8-18-13(2,3)4/h7,12,16-17H,5-6,8H2,1-4H3/b9-7-,16-10?,17-11?. The second-order valence-electron chi connectivity index (χ2n) is 5.06. The van der Waals surface area contributed by atoms with E-state index in [9.17, 15) is 8.78 Å². The molecule has 0 amide bonds. The fraction of sp³-hybridized carbons (Fsp3) is 0.692. The van der Waals surface area contributed by atoms with Crippen LogP contribution in [0.4, 0.5) is 8.78 Å². The lowest BCUT2D eigenvalue weighted by molar-refractivity contribution is 0.0129. The molecular formula is C13H22F2N2O. The Morgan fingerprint density at radius 2 is 1.83 bits per heavy atom. The van der Waals surface area contributed by atoms with Crippen LogP contribution in [0.5, 0.6) is 0 Å². The SMILES string of the molecule is CCCC(=N)/C(=C\C(=N)C(F)F)COC(C)(C)C. The third-order valence-corrected chi connectivity index (χ3v) is 2.11. The molecule has 0 radical (unpaired) electrons. The lowest BCUT2D eigenvalue weighted by atomic mass is 10.0. The van der Waals surface area contributed by atoms with E-state index < -0.39 is 17.7 Å². The molecule has 0 aliphatic heterocycles. The molecule has 104 valence electrons. The van der Waals surface area contributed by atoms with Crippen LogP contribution in [-0.2, 0) is 4.74 Å². The van der Waals surface area contributed by atoms with Gasteiger partial charge in [-0.3, -0.25) is 5.41 Å². The van der Waals surface area contributed by atoms with Gasteiger partial charge in [-0.25, -0.2) is 8.78 Å². The zero-order valence-electron chi connectivity index (χ0n) is 11.4. The Hall–Kier alpha value is -1.10. The van der Waals surface area contributed by atoms with Crippen LogP contribution >= 0.6 is 0 Å². The Morgan fingerprint density at radius 3 is 2.22 bits per heavy atom.